The molecule has 0 aromatic heterocycles. The molecule has 1 aromatic carbocycles. The van der Waals surface area contributed by atoms with Crippen molar-refractivity contribution in [2.45, 2.75) is 25.7 Å². The van der Waals surface area contributed by atoms with Crippen LogP contribution >= 0.6 is 0 Å². The molecule has 0 saturated heterocycles. The summed E-state index contributed by atoms with van der Waals surface area (Å²) in [5.41, 5.74) is 1.43. The Kier molecular flexibility index (Phi) is 2.76. The monoisotopic (exact) mass is 212 g/mol. The van der Waals surface area contributed by atoms with Crippen LogP contribution in [0.15, 0.2) is 23.1 Å². The van der Waals surface area contributed by atoms with Crippen LogP contribution < -0.4 is 0 Å². The molecule has 0 heterocycles. The number of carbonyl (C=O) groups excluding carboxylic acids is 1. The molecule has 0 radical (unpaired) electrons. The first-order chi connectivity index (χ1) is 6.35. The Morgan fingerprint density at radius 1 is 1.21 bits per heavy atom. The molecule has 1 aromatic rings. The maximum Gasteiger partial charge on any atom is 0.248 e. The lowest BCUT2D eigenvalue weighted by molar-refractivity contribution is -0.109. The molecule has 0 aliphatic heterocycles. The first-order valence-electron chi connectivity index (χ1n) is 4.18. The summed E-state index contributed by atoms with van der Waals surface area (Å²) in [7, 11) is -3.77. The van der Waals surface area contributed by atoms with Gasteiger partial charge in [0.1, 0.15) is 0 Å². The Labute approximate surface area is 83.7 Å². The number of carbonyl (C=O) groups is 1. The van der Waals surface area contributed by atoms with E-state index in [1.807, 2.05) is 6.07 Å². The second kappa shape index (κ2) is 3.53. The third kappa shape index (κ3) is 1.85. The summed E-state index contributed by atoms with van der Waals surface area (Å²) < 4.78 is 23.1. The summed E-state index contributed by atoms with van der Waals surface area (Å²) in [6.07, 6.45) is 0. The van der Waals surface area contributed by atoms with E-state index in [9.17, 15) is 13.2 Å². The minimum absolute atomic E-state index is 0.116. The SMILES string of the molecule is CC(=O)S(=O)(=O)c1cc(C)ccc1C. The van der Waals surface area contributed by atoms with Gasteiger partial charge in [0.05, 0.1) is 4.90 Å². The van der Waals surface area contributed by atoms with Crippen LogP contribution in [0.2, 0.25) is 0 Å². The lowest BCUT2D eigenvalue weighted by Crippen LogP contribution is -2.12. The fourth-order valence-electron chi connectivity index (χ4n) is 1.15. The van der Waals surface area contributed by atoms with Gasteiger partial charge in [0, 0.05) is 6.92 Å². The van der Waals surface area contributed by atoms with E-state index in [1.165, 1.54) is 6.07 Å². The first kappa shape index (κ1) is 10.9. The largest absolute Gasteiger partial charge is 0.282 e. The van der Waals surface area contributed by atoms with Crippen LogP contribution in [0.1, 0.15) is 18.1 Å². The van der Waals surface area contributed by atoms with Gasteiger partial charge in [0.25, 0.3) is 0 Å². The van der Waals surface area contributed by atoms with Crippen LogP contribution in [-0.4, -0.2) is 13.5 Å². The summed E-state index contributed by atoms with van der Waals surface area (Å²) in [6.45, 7) is 4.53. The summed E-state index contributed by atoms with van der Waals surface area (Å²) in [5.74, 6) is 0. The lowest BCUT2D eigenvalue weighted by Gasteiger charge is -2.05. The Bertz CT molecular complexity index is 472. The molecule has 4 heteroatoms. The third-order valence-electron chi connectivity index (χ3n) is 2.01. The van der Waals surface area contributed by atoms with Crippen LogP contribution in [0.3, 0.4) is 0 Å². The van der Waals surface area contributed by atoms with E-state index in [4.69, 9.17) is 0 Å². The van der Waals surface area contributed by atoms with Gasteiger partial charge in [-0.05, 0) is 31.0 Å². The average Bonchev–Trinajstić information content (AvgIpc) is 2.08. The molecular weight excluding hydrogens is 200 g/mol. The molecule has 0 amide bonds. The predicted molar refractivity (Wildman–Crippen MR) is 53.8 cm³/mol. The normalized spacial score (nSPS) is 11.4. The number of aryl methyl sites for hydroxylation is 2. The number of rotatable bonds is 1. The molecule has 0 spiro atoms. The smallest absolute Gasteiger partial charge is 0.248 e. The van der Waals surface area contributed by atoms with E-state index in [1.54, 1.807) is 19.9 Å². The second-order valence-corrected chi connectivity index (χ2v) is 5.29. The molecule has 0 saturated carbocycles. The molecular formula is C10H12O3S. The summed E-state index contributed by atoms with van der Waals surface area (Å²) in [5, 5.41) is -0.814. The van der Waals surface area contributed by atoms with Gasteiger partial charge >= 0.3 is 0 Å². The van der Waals surface area contributed by atoms with E-state index in [0.717, 1.165) is 12.5 Å². The number of sulfone groups is 1. The maximum atomic E-state index is 11.6. The Hall–Kier alpha value is -1.16. The summed E-state index contributed by atoms with van der Waals surface area (Å²) in [6, 6.07) is 5.03. The van der Waals surface area contributed by atoms with Crippen molar-refractivity contribution >= 4 is 15.0 Å². The van der Waals surface area contributed by atoms with Crippen LogP contribution in [-0.2, 0) is 14.6 Å². The molecule has 1 rings (SSSR count). The Balaban J connectivity index is 3.47. The van der Waals surface area contributed by atoms with Crippen LogP contribution in [0.25, 0.3) is 0 Å². The first-order valence-corrected chi connectivity index (χ1v) is 5.67. The molecule has 0 fully saturated rings. The standard InChI is InChI=1S/C10H12O3S/c1-7-4-5-8(2)10(6-7)14(12,13)9(3)11/h4-6H,1-3H3. The van der Waals surface area contributed by atoms with Crippen molar-refractivity contribution < 1.29 is 13.2 Å². The Morgan fingerprint density at radius 2 is 1.79 bits per heavy atom. The van der Waals surface area contributed by atoms with Crippen molar-refractivity contribution in [3.8, 4) is 0 Å². The van der Waals surface area contributed by atoms with Crippen molar-refractivity contribution in [3.63, 3.8) is 0 Å². The Morgan fingerprint density at radius 3 is 2.29 bits per heavy atom. The minimum Gasteiger partial charge on any atom is -0.282 e. The van der Waals surface area contributed by atoms with Crippen molar-refractivity contribution in [1.29, 1.82) is 0 Å². The topological polar surface area (TPSA) is 51.2 Å². The second-order valence-electron chi connectivity index (χ2n) is 3.26. The predicted octanol–water partition coefficient (Wildman–Crippen LogP) is 1.62. The fourth-order valence-corrected chi connectivity index (χ4v) is 2.29. The van der Waals surface area contributed by atoms with Crippen molar-refractivity contribution in [2.24, 2.45) is 0 Å². The van der Waals surface area contributed by atoms with Gasteiger partial charge in [0.15, 0.2) is 0 Å². The molecule has 76 valence electrons. The van der Waals surface area contributed by atoms with Crippen molar-refractivity contribution in [3.05, 3.63) is 29.3 Å². The van der Waals surface area contributed by atoms with E-state index >= 15 is 0 Å². The van der Waals surface area contributed by atoms with Crippen molar-refractivity contribution in [1.82, 2.24) is 0 Å². The number of benzene rings is 1. The lowest BCUT2D eigenvalue weighted by atomic mass is 10.2. The van der Waals surface area contributed by atoms with Gasteiger partial charge in [-0.2, -0.15) is 0 Å². The molecule has 0 N–H and O–H groups in total. The van der Waals surface area contributed by atoms with E-state index in [-0.39, 0.29) is 4.90 Å². The minimum atomic E-state index is -3.77. The summed E-state index contributed by atoms with van der Waals surface area (Å²) >= 11 is 0. The van der Waals surface area contributed by atoms with Crippen LogP contribution in [0.4, 0.5) is 0 Å². The van der Waals surface area contributed by atoms with E-state index in [2.05, 4.69) is 0 Å². The van der Waals surface area contributed by atoms with Gasteiger partial charge in [0.2, 0.25) is 15.0 Å². The quantitative estimate of drug-likeness (QED) is 0.710. The highest BCUT2D eigenvalue weighted by atomic mass is 32.2. The molecule has 0 atom stereocenters. The molecule has 0 unspecified atom stereocenters. The average molecular weight is 212 g/mol. The highest BCUT2D eigenvalue weighted by molar-refractivity contribution is 8.06. The number of hydrogen-bond donors (Lipinski definition) is 0. The third-order valence-corrected chi connectivity index (χ3v) is 3.79. The maximum absolute atomic E-state index is 11.6. The molecule has 14 heavy (non-hydrogen) atoms. The van der Waals surface area contributed by atoms with Gasteiger partial charge < -0.3 is 0 Å². The molecule has 0 bridgehead atoms. The molecule has 0 aliphatic carbocycles. The van der Waals surface area contributed by atoms with Crippen molar-refractivity contribution in [2.75, 3.05) is 0 Å². The van der Waals surface area contributed by atoms with Crippen LogP contribution in [0.5, 0.6) is 0 Å². The zero-order chi connectivity index (χ0) is 10.9. The van der Waals surface area contributed by atoms with E-state index in [0.29, 0.717) is 5.56 Å². The zero-order valence-electron chi connectivity index (χ0n) is 8.37. The molecule has 0 aliphatic rings. The van der Waals surface area contributed by atoms with Gasteiger partial charge in [-0.3, -0.25) is 4.79 Å². The zero-order valence-corrected chi connectivity index (χ0v) is 9.18. The summed E-state index contributed by atoms with van der Waals surface area (Å²) in [4.78, 5) is 11.1. The molecule has 3 nitrogen and oxygen atoms in total. The van der Waals surface area contributed by atoms with Gasteiger partial charge in [-0.25, -0.2) is 8.42 Å². The number of hydrogen-bond acceptors (Lipinski definition) is 3. The fraction of sp³-hybridized carbons (Fsp3) is 0.300. The highest BCUT2D eigenvalue weighted by Gasteiger charge is 2.22. The van der Waals surface area contributed by atoms with Gasteiger partial charge in [-0.15, -0.1) is 0 Å². The van der Waals surface area contributed by atoms with Gasteiger partial charge in [-0.1, -0.05) is 12.1 Å². The van der Waals surface area contributed by atoms with Crippen LogP contribution in [0, 0.1) is 13.8 Å². The highest BCUT2D eigenvalue weighted by Crippen LogP contribution is 2.18. The van der Waals surface area contributed by atoms with E-state index < -0.39 is 15.0 Å².